The SMILES string of the molecule is N#Cc1ccc(CN2CCC(c3nnc(C4CC4)o3)CC2)cc1. The van der Waals surface area contributed by atoms with Gasteiger partial charge in [0.25, 0.3) is 0 Å². The average molecular weight is 308 g/mol. The number of likely N-dealkylation sites (tertiary alicyclic amines) is 1. The third-order valence-electron chi connectivity index (χ3n) is 4.81. The molecule has 2 heterocycles. The van der Waals surface area contributed by atoms with Crippen LogP contribution in [0.2, 0.25) is 0 Å². The molecule has 2 aromatic rings. The lowest BCUT2D eigenvalue weighted by Crippen LogP contribution is -2.32. The van der Waals surface area contributed by atoms with Crippen LogP contribution >= 0.6 is 0 Å². The van der Waals surface area contributed by atoms with Crippen molar-refractivity contribution in [1.29, 1.82) is 5.26 Å². The molecule has 4 rings (SSSR count). The zero-order valence-corrected chi connectivity index (χ0v) is 13.1. The standard InChI is InChI=1S/C18H20N4O/c19-11-13-1-3-14(4-2-13)12-22-9-7-16(8-10-22)18-21-20-17(23-18)15-5-6-15/h1-4,15-16H,5-10,12H2. The summed E-state index contributed by atoms with van der Waals surface area (Å²) in [5.41, 5.74) is 1.98. The van der Waals surface area contributed by atoms with Crippen LogP contribution in [0.3, 0.4) is 0 Å². The molecule has 0 atom stereocenters. The van der Waals surface area contributed by atoms with Gasteiger partial charge < -0.3 is 4.42 Å². The van der Waals surface area contributed by atoms with Crippen molar-refractivity contribution in [3.05, 3.63) is 47.2 Å². The predicted molar refractivity (Wildman–Crippen MR) is 84.7 cm³/mol. The lowest BCUT2D eigenvalue weighted by atomic mass is 9.96. The lowest BCUT2D eigenvalue weighted by molar-refractivity contribution is 0.192. The van der Waals surface area contributed by atoms with E-state index in [-0.39, 0.29) is 0 Å². The molecule has 1 aliphatic carbocycles. The van der Waals surface area contributed by atoms with E-state index < -0.39 is 0 Å². The predicted octanol–water partition coefficient (Wildman–Crippen LogP) is 3.20. The smallest absolute Gasteiger partial charge is 0.219 e. The van der Waals surface area contributed by atoms with E-state index >= 15 is 0 Å². The highest BCUT2D eigenvalue weighted by atomic mass is 16.4. The molecule has 0 radical (unpaired) electrons. The van der Waals surface area contributed by atoms with Crippen molar-refractivity contribution in [3.8, 4) is 6.07 Å². The summed E-state index contributed by atoms with van der Waals surface area (Å²) >= 11 is 0. The summed E-state index contributed by atoms with van der Waals surface area (Å²) in [6.07, 6.45) is 4.54. The summed E-state index contributed by atoms with van der Waals surface area (Å²) in [5, 5.41) is 17.3. The molecule has 118 valence electrons. The number of nitriles is 1. The van der Waals surface area contributed by atoms with Gasteiger partial charge in [0.15, 0.2) is 0 Å². The Labute approximate surface area is 135 Å². The maximum Gasteiger partial charge on any atom is 0.219 e. The maximum absolute atomic E-state index is 8.85. The summed E-state index contributed by atoms with van der Waals surface area (Å²) in [5.74, 6) is 2.63. The van der Waals surface area contributed by atoms with Crippen LogP contribution in [0.15, 0.2) is 28.7 Å². The Balaban J connectivity index is 1.32. The molecule has 1 aromatic carbocycles. The molecular formula is C18H20N4O. The van der Waals surface area contributed by atoms with Crippen LogP contribution in [0.5, 0.6) is 0 Å². The number of hydrogen-bond donors (Lipinski definition) is 0. The van der Waals surface area contributed by atoms with Gasteiger partial charge in [0.1, 0.15) is 0 Å². The lowest BCUT2D eigenvalue weighted by Gasteiger charge is -2.30. The van der Waals surface area contributed by atoms with Gasteiger partial charge in [0.2, 0.25) is 11.8 Å². The van der Waals surface area contributed by atoms with Gasteiger partial charge in [-0.2, -0.15) is 5.26 Å². The summed E-state index contributed by atoms with van der Waals surface area (Å²) < 4.78 is 5.85. The second-order valence-electron chi connectivity index (χ2n) is 6.61. The van der Waals surface area contributed by atoms with Crippen molar-refractivity contribution in [1.82, 2.24) is 15.1 Å². The molecule has 0 bridgehead atoms. The van der Waals surface area contributed by atoms with Gasteiger partial charge in [0, 0.05) is 18.4 Å². The molecule has 1 saturated heterocycles. The van der Waals surface area contributed by atoms with E-state index in [1.165, 1.54) is 18.4 Å². The number of hydrogen-bond acceptors (Lipinski definition) is 5. The molecule has 0 N–H and O–H groups in total. The quantitative estimate of drug-likeness (QED) is 0.867. The third-order valence-corrected chi connectivity index (χ3v) is 4.81. The topological polar surface area (TPSA) is 66.0 Å². The first-order valence-corrected chi connectivity index (χ1v) is 8.36. The Morgan fingerprint density at radius 1 is 1.00 bits per heavy atom. The monoisotopic (exact) mass is 308 g/mol. The Morgan fingerprint density at radius 3 is 2.17 bits per heavy atom. The minimum Gasteiger partial charge on any atom is -0.425 e. The number of piperidine rings is 1. The van der Waals surface area contributed by atoms with E-state index in [1.807, 2.05) is 24.3 Å². The highest BCUT2D eigenvalue weighted by Crippen LogP contribution is 2.40. The van der Waals surface area contributed by atoms with Gasteiger partial charge in [-0.3, -0.25) is 4.90 Å². The van der Waals surface area contributed by atoms with Gasteiger partial charge in [0.05, 0.1) is 11.6 Å². The summed E-state index contributed by atoms with van der Waals surface area (Å²) in [6, 6.07) is 10.0. The van der Waals surface area contributed by atoms with Crippen molar-refractivity contribution in [2.45, 2.75) is 44.1 Å². The first-order chi connectivity index (χ1) is 11.3. The molecule has 1 aliphatic heterocycles. The van der Waals surface area contributed by atoms with Gasteiger partial charge in [-0.1, -0.05) is 12.1 Å². The summed E-state index contributed by atoms with van der Waals surface area (Å²) in [7, 11) is 0. The Kier molecular flexibility index (Phi) is 3.84. The Morgan fingerprint density at radius 2 is 1.61 bits per heavy atom. The van der Waals surface area contributed by atoms with Crippen LogP contribution in [0, 0.1) is 11.3 Å². The molecule has 0 amide bonds. The zero-order chi connectivity index (χ0) is 15.6. The highest BCUT2D eigenvalue weighted by molar-refractivity contribution is 5.31. The molecule has 2 fully saturated rings. The molecular weight excluding hydrogens is 288 g/mol. The van der Waals surface area contributed by atoms with Crippen LogP contribution in [0.25, 0.3) is 0 Å². The van der Waals surface area contributed by atoms with Gasteiger partial charge in [-0.15, -0.1) is 10.2 Å². The zero-order valence-electron chi connectivity index (χ0n) is 13.1. The van der Waals surface area contributed by atoms with Crippen LogP contribution < -0.4 is 0 Å². The van der Waals surface area contributed by atoms with E-state index in [0.29, 0.717) is 11.8 Å². The van der Waals surface area contributed by atoms with Crippen LogP contribution in [0.1, 0.15) is 60.4 Å². The van der Waals surface area contributed by atoms with Gasteiger partial charge in [-0.05, 0) is 56.5 Å². The fourth-order valence-corrected chi connectivity index (χ4v) is 3.19. The molecule has 23 heavy (non-hydrogen) atoms. The Bertz CT molecular complexity index is 703. The maximum atomic E-state index is 8.85. The van der Waals surface area contributed by atoms with Crippen LogP contribution in [0.4, 0.5) is 0 Å². The first kappa shape index (κ1) is 14.4. The fraction of sp³-hybridized carbons (Fsp3) is 0.500. The van der Waals surface area contributed by atoms with Gasteiger partial charge in [-0.25, -0.2) is 0 Å². The van der Waals surface area contributed by atoms with E-state index in [4.69, 9.17) is 9.68 Å². The number of benzene rings is 1. The van der Waals surface area contributed by atoms with E-state index in [2.05, 4.69) is 21.2 Å². The second-order valence-corrected chi connectivity index (χ2v) is 6.61. The van der Waals surface area contributed by atoms with Crippen molar-refractivity contribution < 1.29 is 4.42 Å². The van der Waals surface area contributed by atoms with Crippen LogP contribution in [-0.2, 0) is 6.54 Å². The minimum absolute atomic E-state index is 0.409. The third kappa shape index (κ3) is 3.27. The van der Waals surface area contributed by atoms with Crippen LogP contribution in [-0.4, -0.2) is 28.2 Å². The highest BCUT2D eigenvalue weighted by Gasteiger charge is 2.31. The average Bonchev–Trinajstić information content (AvgIpc) is 3.34. The molecule has 1 aromatic heterocycles. The Hall–Kier alpha value is -2.19. The van der Waals surface area contributed by atoms with Gasteiger partial charge >= 0.3 is 0 Å². The molecule has 0 spiro atoms. The van der Waals surface area contributed by atoms with Crippen molar-refractivity contribution in [2.75, 3.05) is 13.1 Å². The normalized spacial score (nSPS) is 19.6. The van der Waals surface area contributed by atoms with E-state index in [9.17, 15) is 0 Å². The molecule has 5 nitrogen and oxygen atoms in total. The largest absolute Gasteiger partial charge is 0.425 e. The van der Waals surface area contributed by atoms with Crippen molar-refractivity contribution in [3.63, 3.8) is 0 Å². The number of nitrogens with zero attached hydrogens (tertiary/aromatic N) is 4. The molecule has 2 aliphatic rings. The molecule has 5 heteroatoms. The molecule has 0 unspecified atom stereocenters. The molecule has 1 saturated carbocycles. The number of rotatable bonds is 4. The summed E-state index contributed by atoms with van der Waals surface area (Å²) in [4.78, 5) is 2.45. The fourth-order valence-electron chi connectivity index (χ4n) is 3.19. The van der Waals surface area contributed by atoms with Crippen molar-refractivity contribution >= 4 is 0 Å². The van der Waals surface area contributed by atoms with Crippen molar-refractivity contribution in [2.24, 2.45) is 0 Å². The minimum atomic E-state index is 0.409. The first-order valence-electron chi connectivity index (χ1n) is 8.36. The van der Waals surface area contributed by atoms with E-state index in [1.54, 1.807) is 0 Å². The van der Waals surface area contributed by atoms with E-state index in [0.717, 1.165) is 49.8 Å². The number of aromatic nitrogens is 2. The second kappa shape index (κ2) is 6.13. The summed E-state index contributed by atoms with van der Waals surface area (Å²) in [6.45, 7) is 3.03.